The number of para-hydroxylation sites is 1. The Bertz CT molecular complexity index is 929. The molecule has 1 aromatic carbocycles. The van der Waals surface area contributed by atoms with Crippen LogP contribution in [0.15, 0.2) is 42.6 Å². The van der Waals surface area contributed by atoms with Gasteiger partial charge in [-0.3, -0.25) is 9.59 Å². The number of carbonyl (C=O) groups is 2. The maximum absolute atomic E-state index is 12.6. The second-order valence-corrected chi connectivity index (χ2v) is 5.81. The van der Waals surface area contributed by atoms with Crippen LogP contribution in [0.2, 0.25) is 0 Å². The zero-order valence-electron chi connectivity index (χ0n) is 14.2. The maximum atomic E-state index is 12.6. The third-order valence-electron chi connectivity index (χ3n) is 3.84. The lowest BCUT2D eigenvalue weighted by atomic mass is 10.1. The fourth-order valence-corrected chi connectivity index (χ4v) is 2.60. The minimum Gasteiger partial charge on any atom is -0.480 e. The average Bonchev–Trinajstić information content (AvgIpc) is 3.01. The van der Waals surface area contributed by atoms with Crippen molar-refractivity contribution in [3.8, 4) is 5.88 Å². The van der Waals surface area contributed by atoms with Crippen LogP contribution in [0.25, 0.3) is 10.9 Å². The van der Waals surface area contributed by atoms with Gasteiger partial charge >= 0.3 is 0 Å². The Hall–Kier alpha value is -3.22. The van der Waals surface area contributed by atoms with E-state index < -0.39 is 11.7 Å². The molecule has 0 aliphatic rings. The van der Waals surface area contributed by atoms with Crippen LogP contribution in [0.3, 0.4) is 0 Å². The molecule has 0 atom stereocenters. The predicted molar refractivity (Wildman–Crippen MR) is 93.9 cm³/mol. The topological polar surface area (TPSA) is 86.1 Å². The van der Waals surface area contributed by atoms with E-state index in [0.717, 1.165) is 10.9 Å². The van der Waals surface area contributed by atoms with Crippen molar-refractivity contribution in [3.63, 3.8) is 0 Å². The summed E-state index contributed by atoms with van der Waals surface area (Å²) in [6, 6.07) is 10.8. The van der Waals surface area contributed by atoms with Gasteiger partial charge in [-0.15, -0.1) is 10.2 Å². The van der Waals surface area contributed by atoms with Gasteiger partial charge in [0.25, 0.3) is 11.7 Å². The van der Waals surface area contributed by atoms with E-state index in [1.165, 1.54) is 13.2 Å². The molecular formula is C18H18N4O3. The van der Waals surface area contributed by atoms with Crippen molar-refractivity contribution in [1.29, 1.82) is 0 Å². The van der Waals surface area contributed by atoms with Crippen molar-refractivity contribution in [2.75, 3.05) is 12.4 Å². The van der Waals surface area contributed by atoms with Gasteiger partial charge in [-0.1, -0.05) is 18.2 Å². The summed E-state index contributed by atoms with van der Waals surface area (Å²) in [5.74, 6) is -0.865. The number of rotatable bonds is 5. The molecule has 3 rings (SSSR count). The molecule has 0 spiro atoms. The lowest BCUT2D eigenvalue weighted by Gasteiger charge is -2.08. The first-order valence-electron chi connectivity index (χ1n) is 7.84. The summed E-state index contributed by atoms with van der Waals surface area (Å²) >= 11 is 0. The molecule has 1 amide bonds. The summed E-state index contributed by atoms with van der Waals surface area (Å²) < 4.78 is 6.88. The van der Waals surface area contributed by atoms with Crippen LogP contribution >= 0.6 is 0 Å². The van der Waals surface area contributed by atoms with Gasteiger partial charge in [0.05, 0.1) is 12.7 Å². The molecular weight excluding hydrogens is 320 g/mol. The lowest BCUT2D eigenvalue weighted by molar-refractivity contribution is -0.112. The number of ketones is 1. The van der Waals surface area contributed by atoms with E-state index in [9.17, 15) is 9.59 Å². The summed E-state index contributed by atoms with van der Waals surface area (Å²) in [4.78, 5) is 24.9. The highest BCUT2D eigenvalue weighted by molar-refractivity contribution is 6.48. The van der Waals surface area contributed by atoms with Crippen LogP contribution < -0.4 is 10.1 Å². The van der Waals surface area contributed by atoms with Crippen LogP contribution in [0.5, 0.6) is 5.88 Å². The molecule has 7 heteroatoms. The monoisotopic (exact) mass is 338 g/mol. The van der Waals surface area contributed by atoms with Crippen molar-refractivity contribution >= 4 is 28.4 Å². The predicted octanol–water partition coefficient (Wildman–Crippen LogP) is 2.84. The van der Waals surface area contributed by atoms with E-state index in [-0.39, 0.29) is 11.9 Å². The van der Waals surface area contributed by atoms with E-state index in [0.29, 0.717) is 11.4 Å². The minimum atomic E-state index is -0.758. The first-order chi connectivity index (χ1) is 12.0. The minimum absolute atomic E-state index is 0.168. The Morgan fingerprint density at radius 3 is 2.52 bits per heavy atom. The molecule has 0 saturated heterocycles. The third-order valence-corrected chi connectivity index (χ3v) is 3.84. The SMILES string of the molecule is COc1ccc(NC(=O)C(=O)c2cn(C(C)C)c3ccccc23)nn1. The van der Waals surface area contributed by atoms with Gasteiger partial charge < -0.3 is 14.6 Å². The molecule has 2 heterocycles. The first kappa shape index (κ1) is 16.6. The number of benzene rings is 1. The Morgan fingerprint density at radius 1 is 1.12 bits per heavy atom. The quantitative estimate of drug-likeness (QED) is 0.571. The van der Waals surface area contributed by atoms with Gasteiger partial charge in [-0.05, 0) is 26.0 Å². The molecule has 0 unspecified atom stereocenters. The van der Waals surface area contributed by atoms with Crippen molar-refractivity contribution in [2.24, 2.45) is 0 Å². The molecule has 3 aromatic rings. The molecule has 0 bridgehead atoms. The highest BCUT2D eigenvalue weighted by Gasteiger charge is 2.22. The van der Waals surface area contributed by atoms with Crippen LogP contribution in [0.1, 0.15) is 30.2 Å². The smallest absolute Gasteiger partial charge is 0.298 e. The second-order valence-electron chi connectivity index (χ2n) is 5.81. The number of fused-ring (bicyclic) bond motifs is 1. The van der Waals surface area contributed by atoms with E-state index in [1.807, 2.05) is 42.7 Å². The van der Waals surface area contributed by atoms with Gasteiger partial charge in [0.1, 0.15) is 0 Å². The number of anilines is 1. The molecule has 1 N–H and O–H groups in total. The zero-order valence-corrected chi connectivity index (χ0v) is 14.2. The van der Waals surface area contributed by atoms with E-state index >= 15 is 0 Å². The zero-order chi connectivity index (χ0) is 18.0. The maximum Gasteiger partial charge on any atom is 0.298 e. The van der Waals surface area contributed by atoms with E-state index in [1.54, 1.807) is 12.3 Å². The van der Waals surface area contributed by atoms with E-state index in [4.69, 9.17) is 4.74 Å². The van der Waals surface area contributed by atoms with Gasteiger partial charge in [-0.2, -0.15) is 0 Å². The fraction of sp³-hybridized carbons (Fsp3) is 0.222. The second kappa shape index (κ2) is 6.72. The van der Waals surface area contributed by atoms with Crippen molar-refractivity contribution in [1.82, 2.24) is 14.8 Å². The highest BCUT2D eigenvalue weighted by atomic mass is 16.5. The average molecular weight is 338 g/mol. The van der Waals surface area contributed by atoms with Crippen molar-refractivity contribution < 1.29 is 14.3 Å². The third kappa shape index (κ3) is 3.21. The number of amides is 1. The number of nitrogens with one attached hydrogen (secondary N) is 1. The summed E-state index contributed by atoms with van der Waals surface area (Å²) in [5, 5.41) is 10.8. The standard InChI is InChI=1S/C18H18N4O3/c1-11(2)22-10-13(12-6-4-5-7-14(12)22)17(23)18(24)19-15-8-9-16(25-3)21-20-15/h4-11H,1-3H3,(H,19,20,24). The number of aromatic nitrogens is 3. The number of Topliss-reactive ketones (excluding diaryl/α,β-unsaturated/α-hetero) is 1. The number of hydrogen-bond donors (Lipinski definition) is 1. The highest BCUT2D eigenvalue weighted by Crippen LogP contribution is 2.25. The van der Waals surface area contributed by atoms with Crippen molar-refractivity contribution in [3.05, 3.63) is 48.2 Å². The van der Waals surface area contributed by atoms with Crippen molar-refractivity contribution in [2.45, 2.75) is 19.9 Å². The number of nitrogens with zero attached hydrogens (tertiary/aromatic N) is 3. The lowest BCUT2D eigenvalue weighted by Crippen LogP contribution is -2.23. The fourth-order valence-electron chi connectivity index (χ4n) is 2.60. The number of carbonyl (C=O) groups excluding carboxylic acids is 2. The van der Waals surface area contributed by atoms with Crippen LogP contribution in [0, 0.1) is 0 Å². The number of methoxy groups -OCH3 is 1. The normalized spacial score (nSPS) is 10.9. The van der Waals surface area contributed by atoms with Crippen LogP contribution in [-0.2, 0) is 4.79 Å². The largest absolute Gasteiger partial charge is 0.480 e. The van der Waals surface area contributed by atoms with E-state index in [2.05, 4.69) is 15.5 Å². The Labute approximate surface area is 144 Å². The van der Waals surface area contributed by atoms with Gasteiger partial charge in [0.15, 0.2) is 5.82 Å². The Morgan fingerprint density at radius 2 is 1.88 bits per heavy atom. The molecule has 7 nitrogen and oxygen atoms in total. The summed E-state index contributed by atoms with van der Waals surface area (Å²) in [6.45, 7) is 4.04. The summed E-state index contributed by atoms with van der Waals surface area (Å²) in [5.41, 5.74) is 1.28. The van der Waals surface area contributed by atoms with Crippen LogP contribution in [0.4, 0.5) is 5.82 Å². The summed E-state index contributed by atoms with van der Waals surface area (Å²) in [7, 11) is 1.47. The summed E-state index contributed by atoms with van der Waals surface area (Å²) in [6.07, 6.45) is 1.72. The molecule has 128 valence electrons. The molecule has 0 aliphatic carbocycles. The molecule has 0 radical (unpaired) electrons. The van der Waals surface area contributed by atoms with Crippen LogP contribution in [-0.4, -0.2) is 33.6 Å². The van der Waals surface area contributed by atoms with Gasteiger partial charge in [0.2, 0.25) is 5.88 Å². The first-order valence-corrected chi connectivity index (χ1v) is 7.84. The molecule has 0 aliphatic heterocycles. The number of hydrogen-bond acceptors (Lipinski definition) is 5. The number of ether oxygens (including phenoxy) is 1. The molecule has 0 saturated carbocycles. The Kier molecular flexibility index (Phi) is 4.47. The van der Waals surface area contributed by atoms with Gasteiger partial charge in [-0.25, -0.2) is 0 Å². The Balaban J connectivity index is 1.89. The molecule has 2 aromatic heterocycles. The molecule has 25 heavy (non-hydrogen) atoms. The van der Waals surface area contributed by atoms with Gasteiger partial charge in [0, 0.05) is 29.2 Å². The molecule has 0 fully saturated rings.